The van der Waals surface area contributed by atoms with Gasteiger partial charge in [0.2, 0.25) is 15.9 Å². The standard InChI is InChI=1S/C13H15ClN2O5S/c1-8(17)15-12-3-2-10(6-11(12)14)22(20,21)16-5-4-9(7-16)13(18)19/h2-3,6,9H,4-5,7H2,1H3,(H,15,17)(H,18,19). The Labute approximate surface area is 132 Å². The number of rotatable bonds is 4. The van der Waals surface area contributed by atoms with E-state index in [1.54, 1.807) is 0 Å². The highest BCUT2D eigenvalue weighted by Gasteiger charge is 2.35. The van der Waals surface area contributed by atoms with Crippen LogP contribution in [0.2, 0.25) is 5.02 Å². The largest absolute Gasteiger partial charge is 0.481 e. The highest BCUT2D eigenvalue weighted by Crippen LogP contribution is 2.29. The Hall–Kier alpha value is -1.64. The average molecular weight is 347 g/mol. The number of hydrogen-bond donors (Lipinski definition) is 2. The first-order chi connectivity index (χ1) is 10.2. The first-order valence-electron chi connectivity index (χ1n) is 6.52. The van der Waals surface area contributed by atoms with Gasteiger partial charge in [0.1, 0.15) is 0 Å². The summed E-state index contributed by atoms with van der Waals surface area (Å²) in [6.07, 6.45) is 0.284. The molecule has 1 atom stereocenters. The van der Waals surface area contributed by atoms with E-state index in [0.717, 1.165) is 4.31 Å². The summed E-state index contributed by atoms with van der Waals surface area (Å²) in [5, 5.41) is 11.5. The van der Waals surface area contributed by atoms with Crippen LogP contribution >= 0.6 is 11.6 Å². The van der Waals surface area contributed by atoms with Gasteiger partial charge >= 0.3 is 5.97 Å². The molecular weight excluding hydrogens is 332 g/mol. The molecule has 7 nitrogen and oxygen atoms in total. The van der Waals surface area contributed by atoms with E-state index in [-0.39, 0.29) is 35.3 Å². The zero-order chi connectivity index (χ0) is 16.5. The van der Waals surface area contributed by atoms with Crippen molar-refractivity contribution < 1.29 is 23.1 Å². The van der Waals surface area contributed by atoms with Crippen molar-refractivity contribution in [3.63, 3.8) is 0 Å². The fourth-order valence-electron chi connectivity index (χ4n) is 2.24. The summed E-state index contributed by atoms with van der Waals surface area (Å²) < 4.78 is 26.1. The Kier molecular flexibility index (Phi) is 4.74. The molecule has 1 aromatic rings. The van der Waals surface area contributed by atoms with Gasteiger partial charge in [-0.3, -0.25) is 9.59 Å². The van der Waals surface area contributed by atoms with Crippen LogP contribution < -0.4 is 5.32 Å². The zero-order valence-electron chi connectivity index (χ0n) is 11.7. The monoisotopic (exact) mass is 346 g/mol. The molecule has 9 heteroatoms. The van der Waals surface area contributed by atoms with Crippen LogP contribution in [0, 0.1) is 5.92 Å². The van der Waals surface area contributed by atoms with E-state index in [1.165, 1.54) is 25.1 Å². The lowest BCUT2D eigenvalue weighted by Gasteiger charge is -2.16. The molecule has 0 saturated carbocycles. The van der Waals surface area contributed by atoms with Crippen molar-refractivity contribution >= 4 is 39.2 Å². The van der Waals surface area contributed by atoms with Crippen LogP contribution in [0.15, 0.2) is 23.1 Å². The van der Waals surface area contributed by atoms with Gasteiger partial charge in [-0.15, -0.1) is 0 Å². The molecule has 120 valence electrons. The van der Waals surface area contributed by atoms with Crippen LogP contribution in [0.25, 0.3) is 0 Å². The average Bonchev–Trinajstić information content (AvgIpc) is 2.91. The second-order valence-corrected chi connectivity index (χ2v) is 7.35. The van der Waals surface area contributed by atoms with Crippen molar-refractivity contribution in [3.05, 3.63) is 23.2 Å². The molecule has 2 N–H and O–H groups in total. The molecule has 1 unspecified atom stereocenters. The Balaban J connectivity index is 2.25. The van der Waals surface area contributed by atoms with Gasteiger partial charge in [0.25, 0.3) is 0 Å². The van der Waals surface area contributed by atoms with Gasteiger partial charge in [-0.05, 0) is 24.6 Å². The van der Waals surface area contributed by atoms with Crippen molar-refractivity contribution in [1.82, 2.24) is 4.31 Å². The number of nitrogens with zero attached hydrogens (tertiary/aromatic N) is 1. The molecule has 1 aliphatic rings. The molecule has 1 amide bonds. The number of carbonyl (C=O) groups excluding carboxylic acids is 1. The van der Waals surface area contributed by atoms with Gasteiger partial charge in [-0.25, -0.2) is 8.42 Å². The van der Waals surface area contributed by atoms with Crippen molar-refractivity contribution in [2.24, 2.45) is 5.92 Å². The van der Waals surface area contributed by atoms with E-state index in [2.05, 4.69) is 5.32 Å². The number of aliphatic carboxylic acids is 1. The molecule has 22 heavy (non-hydrogen) atoms. The Morgan fingerprint density at radius 2 is 2.09 bits per heavy atom. The minimum Gasteiger partial charge on any atom is -0.481 e. The summed E-state index contributed by atoms with van der Waals surface area (Å²) in [7, 11) is -3.80. The van der Waals surface area contributed by atoms with Crippen LogP contribution in [0.4, 0.5) is 5.69 Å². The lowest BCUT2D eigenvalue weighted by molar-refractivity contribution is -0.141. The second kappa shape index (κ2) is 6.23. The number of nitrogens with one attached hydrogen (secondary N) is 1. The van der Waals surface area contributed by atoms with E-state index in [4.69, 9.17) is 16.7 Å². The van der Waals surface area contributed by atoms with E-state index >= 15 is 0 Å². The number of carboxylic acid groups (broad SMARTS) is 1. The summed E-state index contributed by atoms with van der Waals surface area (Å²) in [5.41, 5.74) is 0.318. The van der Waals surface area contributed by atoms with E-state index in [1.807, 2.05) is 0 Å². The molecule has 1 saturated heterocycles. The molecule has 0 aliphatic carbocycles. The van der Waals surface area contributed by atoms with Crippen LogP contribution in [0.1, 0.15) is 13.3 Å². The maximum absolute atomic E-state index is 12.5. The van der Waals surface area contributed by atoms with Gasteiger partial charge in [0, 0.05) is 20.0 Å². The Bertz CT molecular complexity index is 719. The number of sulfonamides is 1. The Morgan fingerprint density at radius 1 is 1.41 bits per heavy atom. The fraction of sp³-hybridized carbons (Fsp3) is 0.385. The number of hydrogen-bond acceptors (Lipinski definition) is 4. The molecule has 1 aromatic carbocycles. The zero-order valence-corrected chi connectivity index (χ0v) is 13.3. The minimum absolute atomic E-state index is 0.0300. The number of carboxylic acids is 1. The topological polar surface area (TPSA) is 104 Å². The van der Waals surface area contributed by atoms with Gasteiger partial charge in [0.15, 0.2) is 0 Å². The number of anilines is 1. The van der Waals surface area contributed by atoms with Gasteiger partial charge in [-0.1, -0.05) is 11.6 Å². The van der Waals surface area contributed by atoms with Gasteiger partial charge in [0.05, 0.1) is 21.5 Å². The summed E-state index contributed by atoms with van der Waals surface area (Å²) in [4.78, 5) is 21.9. The molecular formula is C13H15ClN2O5S. The first-order valence-corrected chi connectivity index (χ1v) is 8.33. The highest BCUT2D eigenvalue weighted by atomic mass is 35.5. The third-order valence-corrected chi connectivity index (χ3v) is 5.56. The van der Waals surface area contributed by atoms with Crippen LogP contribution in [-0.2, 0) is 19.6 Å². The fourth-order valence-corrected chi connectivity index (χ4v) is 4.06. The van der Waals surface area contributed by atoms with Crippen LogP contribution in [-0.4, -0.2) is 42.8 Å². The molecule has 0 bridgehead atoms. The quantitative estimate of drug-likeness (QED) is 0.857. The lowest BCUT2D eigenvalue weighted by Crippen LogP contribution is -2.30. The molecule has 1 aliphatic heterocycles. The predicted molar refractivity (Wildman–Crippen MR) is 80.3 cm³/mol. The number of benzene rings is 1. The lowest BCUT2D eigenvalue weighted by atomic mass is 10.1. The summed E-state index contributed by atoms with van der Waals surface area (Å²) in [5.74, 6) is -2.01. The van der Waals surface area contributed by atoms with E-state index in [0.29, 0.717) is 5.69 Å². The smallest absolute Gasteiger partial charge is 0.307 e. The van der Waals surface area contributed by atoms with Gasteiger partial charge < -0.3 is 10.4 Å². The minimum atomic E-state index is -3.80. The number of halogens is 1. The van der Waals surface area contributed by atoms with Crippen molar-refractivity contribution in [2.75, 3.05) is 18.4 Å². The molecule has 2 rings (SSSR count). The van der Waals surface area contributed by atoms with Crippen LogP contribution in [0.3, 0.4) is 0 Å². The normalized spacial score (nSPS) is 19.1. The third-order valence-electron chi connectivity index (χ3n) is 3.39. The molecule has 0 radical (unpaired) electrons. The summed E-state index contributed by atoms with van der Waals surface area (Å²) in [6.45, 7) is 1.42. The Morgan fingerprint density at radius 3 is 2.59 bits per heavy atom. The summed E-state index contributed by atoms with van der Waals surface area (Å²) in [6, 6.07) is 3.98. The number of amides is 1. The first kappa shape index (κ1) is 16.7. The van der Waals surface area contributed by atoms with Gasteiger partial charge in [-0.2, -0.15) is 4.31 Å². The molecule has 1 heterocycles. The van der Waals surface area contributed by atoms with Crippen molar-refractivity contribution in [1.29, 1.82) is 0 Å². The molecule has 0 spiro atoms. The van der Waals surface area contributed by atoms with Crippen molar-refractivity contribution in [2.45, 2.75) is 18.2 Å². The number of carbonyl (C=O) groups is 2. The van der Waals surface area contributed by atoms with E-state index < -0.39 is 21.9 Å². The third kappa shape index (κ3) is 3.40. The van der Waals surface area contributed by atoms with E-state index in [9.17, 15) is 18.0 Å². The second-order valence-electron chi connectivity index (χ2n) is 5.01. The maximum atomic E-state index is 12.5. The maximum Gasteiger partial charge on any atom is 0.307 e. The predicted octanol–water partition coefficient (Wildman–Crippen LogP) is 1.39. The van der Waals surface area contributed by atoms with Crippen LogP contribution in [0.5, 0.6) is 0 Å². The SMILES string of the molecule is CC(=O)Nc1ccc(S(=O)(=O)N2CCC(C(=O)O)C2)cc1Cl. The summed E-state index contributed by atoms with van der Waals surface area (Å²) >= 11 is 5.97. The van der Waals surface area contributed by atoms with Crippen molar-refractivity contribution in [3.8, 4) is 0 Å². The molecule has 1 fully saturated rings. The molecule has 0 aromatic heterocycles. The highest BCUT2D eigenvalue weighted by molar-refractivity contribution is 7.89.